The van der Waals surface area contributed by atoms with Crippen molar-refractivity contribution in [3.63, 3.8) is 0 Å². The van der Waals surface area contributed by atoms with Crippen LogP contribution in [0.1, 0.15) is 5.56 Å². The summed E-state index contributed by atoms with van der Waals surface area (Å²) in [6.07, 6.45) is 0.171. The second-order valence-corrected chi connectivity index (χ2v) is 7.08. The number of benzene rings is 1. The minimum absolute atomic E-state index is 0.161. The van der Waals surface area contributed by atoms with Gasteiger partial charge in [0.2, 0.25) is 11.7 Å². The molecule has 2 aromatic heterocycles. The first-order chi connectivity index (χ1) is 12.6. The number of carbonyl (C=O) groups is 1. The van der Waals surface area contributed by atoms with E-state index in [-0.39, 0.29) is 12.3 Å². The molecule has 0 radical (unpaired) electrons. The molecule has 136 valence electrons. The molecule has 1 N–H and O–H groups in total. The van der Waals surface area contributed by atoms with E-state index in [1.54, 1.807) is 44.8 Å². The fourth-order valence-corrected chi connectivity index (χ4v) is 3.94. The van der Waals surface area contributed by atoms with Crippen molar-refractivity contribution in [3.05, 3.63) is 40.6 Å². The highest BCUT2D eigenvalue weighted by Crippen LogP contribution is 2.38. The Morgan fingerprint density at radius 2 is 1.85 bits per heavy atom. The summed E-state index contributed by atoms with van der Waals surface area (Å²) in [6.45, 7) is 0. The molecule has 1 amide bonds. The quantitative estimate of drug-likeness (QED) is 0.658. The van der Waals surface area contributed by atoms with Gasteiger partial charge in [-0.2, -0.15) is 0 Å². The lowest BCUT2D eigenvalue weighted by atomic mass is 10.1. The first-order valence-electron chi connectivity index (χ1n) is 7.72. The van der Waals surface area contributed by atoms with E-state index >= 15 is 0 Å². The van der Waals surface area contributed by atoms with Crippen LogP contribution < -0.4 is 19.5 Å². The number of aromatic nitrogens is 1. The number of amides is 1. The summed E-state index contributed by atoms with van der Waals surface area (Å²) in [5.74, 6) is 1.37. The SMILES string of the molecule is COc1cc(CC(=O)Nc2nc(-c3cccs3)cs2)cc(OC)c1OC. The summed E-state index contributed by atoms with van der Waals surface area (Å²) < 4.78 is 15.9. The fraction of sp³-hybridized carbons (Fsp3) is 0.222. The van der Waals surface area contributed by atoms with Crippen molar-refractivity contribution in [2.24, 2.45) is 0 Å². The Hall–Kier alpha value is -2.58. The number of nitrogens with one attached hydrogen (secondary N) is 1. The second kappa shape index (κ2) is 8.20. The molecular formula is C18H18N2O4S2. The molecule has 0 unspecified atom stereocenters. The predicted molar refractivity (Wildman–Crippen MR) is 104 cm³/mol. The Bertz CT molecular complexity index is 865. The third kappa shape index (κ3) is 3.97. The maximum absolute atomic E-state index is 12.4. The normalized spacial score (nSPS) is 10.4. The highest BCUT2D eigenvalue weighted by Gasteiger charge is 2.15. The zero-order valence-corrected chi connectivity index (χ0v) is 16.2. The van der Waals surface area contributed by atoms with Gasteiger partial charge >= 0.3 is 0 Å². The van der Waals surface area contributed by atoms with Gasteiger partial charge in [-0.1, -0.05) is 6.07 Å². The van der Waals surface area contributed by atoms with E-state index in [1.165, 1.54) is 11.3 Å². The average molecular weight is 390 g/mol. The lowest BCUT2D eigenvalue weighted by molar-refractivity contribution is -0.115. The van der Waals surface area contributed by atoms with E-state index in [9.17, 15) is 4.79 Å². The van der Waals surface area contributed by atoms with Crippen molar-refractivity contribution in [1.29, 1.82) is 0 Å². The van der Waals surface area contributed by atoms with Gasteiger partial charge in [-0.05, 0) is 29.1 Å². The zero-order valence-electron chi connectivity index (χ0n) is 14.6. The molecule has 0 saturated carbocycles. The molecule has 0 bridgehead atoms. The van der Waals surface area contributed by atoms with Gasteiger partial charge in [-0.3, -0.25) is 4.79 Å². The van der Waals surface area contributed by atoms with Gasteiger partial charge in [-0.15, -0.1) is 22.7 Å². The largest absolute Gasteiger partial charge is 0.493 e. The summed E-state index contributed by atoms with van der Waals surface area (Å²) in [7, 11) is 4.63. The molecule has 0 aliphatic carbocycles. The number of nitrogens with zero attached hydrogens (tertiary/aromatic N) is 1. The molecule has 2 heterocycles. The molecule has 3 rings (SSSR count). The molecular weight excluding hydrogens is 372 g/mol. The summed E-state index contributed by atoms with van der Waals surface area (Å²) in [5, 5.41) is 7.34. The van der Waals surface area contributed by atoms with Crippen molar-refractivity contribution in [2.45, 2.75) is 6.42 Å². The molecule has 26 heavy (non-hydrogen) atoms. The molecule has 0 saturated heterocycles. The van der Waals surface area contributed by atoms with E-state index in [0.29, 0.717) is 22.4 Å². The highest BCUT2D eigenvalue weighted by atomic mass is 32.1. The Morgan fingerprint density at radius 1 is 1.12 bits per heavy atom. The van der Waals surface area contributed by atoms with Gasteiger partial charge in [0.1, 0.15) is 0 Å². The van der Waals surface area contributed by atoms with Crippen molar-refractivity contribution in [2.75, 3.05) is 26.6 Å². The molecule has 6 nitrogen and oxygen atoms in total. The Balaban J connectivity index is 1.72. The number of anilines is 1. The summed E-state index contributed by atoms with van der Waals surface area (Å²) >= 11 is 3.02. The van der Waals surface area contributed by atoms with Crippen LogP contribution in [-0.2, 0) is 11.2 Å². The average Bonchev–Trinajstić information content (AvgIpc) is 3.32. The molecule has 8 heteroatoms. The number of carbonyl (C=O) groups excluding carboxylic acids is 1. The van der Waals surface area contributed by atoms with Crippen LogP contribution in [0.3, 0.4) is 0 Å². The Labute approximate surface area is 159 Å². The molecule has 0 aliphatic heterocycles. The number of methoxy groups -OCH3 is 3. The maximum atomic E-state index is 12.4. The van der Waals surface area contributed by atoms with E-state index in [1.807, 2.05) is 22.9 Å². The molecule has 0 fully saturated rings. The minimum atomic E-state index is -0.161. The standard InChI is InChI=1S/C18H18N2O4S2/c1-22-13-7-11(8-14(23-2)17(13)24-3)9-16(21)20-18-19-12(10-26-18)15-5-4-6-25-15/h4-8,10H,9H2,1-3H3,(H,19,20,21). The van der Waals surface area contributed by atoms with Crippen molar-refractivity contribution < 1.29 is 19.0 Å². The third-order valence-electron chi connectivity index (χ3n) is 3.61. The number of thiazole rings is 1. The molecule has 0 atom stereocenters. The van der Waals surface area contributed by atoms with E-state index < -0.39 is 0 Å². The van der Waals surface area contributed by atoms with Crippen LogP contribution in [0.2, 0.25) is 0 Å². The summed E-state index contributed by atoms with van der Waals surface area (Å²) in [6, 6.07) is 7.50. The number of thiophene rings is 1. The number of ether oxygens (including phenoxy) is 3. The smallest absolute Gasteiger partial charge is 0.230 e. The predicted octanol–water partition coefficient (Wildman–Crippen LogP) is 4.08. The van der Waals surface area contributed by atoms with Gasteiger partial charge in [0, 0.05) is 5.38 Å². The van der Waals surface area contributed by atoms with Crippen LogP contribution >= 0.6 is 22.7 Å². The van der Waals surface area contributed by atoms with E-state index in [2.05, 4.69) is 10.3 Å². The molecule has 0 aliphatic rings. The summed E-state index contributed by atoms with van der Waals surface area (Å²) in [5.41, 5.74) is 1.63. The number of rotatable bonds is 7. The number of hydrogen-bond acceptors (Lipinski definition) is 7. The molecule has 3 aromatic rings. The lowest BCUT2D eigenvalue weighted by Crippen LogP contribution is -2.14. The van der Waals surface area contributed by atoms with Crippen LogP contribution in [0, 0.1) is 0 Å². The first kappa shape index (κ1) is 18.2. The maximum Gasteiger partial charge on any atom is 0.230 e. The van der Waals surface area contributed by atoms with Gasteiger partial charge in [0.25, 0.3) is 0 Å². The minimum Gasteiger partial charge on any atom is -0.493 e. The van der Waals surface area contributed by atoms with E-state index in [0.717, 1.165) is 16.1 Å². The first-order valence-corrected chi connectivity index (χ1v) is 9.48. The van der Waals surface area contributed by atoms with Gasteiger partial charge in [0.05, 0.1) is 38.3 Å². The second-order valence-electron chi connectivity index (χ2n) is 5.27. The van der Waals surface area contributed by atoms with Crippen molar-refractivity contribution in [3.8, 4) is 27.8 Å². The van der Waals surface area contributed by atoms with E-state index in [4.69, 9.17) is 14.2 Å². The zero-order chi connectivity index (χ0) is 18.5. The van der Waals surface area contributed by atoms with Gasteiger partial charge < -0.3 is 19.5 Å². The summed E-state index contributed by atoms with van der Waals surface area (Å²) in [4.78, 5) is 17.9. The van der Waals surface area contributed by atoms with Crippen LogP contribution in [0.15, 0.2) is 35.0 Å². The third-order valence-corrected chi connectivity index (χ3v) is 5.26. The Morgan fingerprint density at radius 3 is 2.42 bits per heavy atom. The number of hydrogen-bond donors (Lipinski definition) is 1. The van der Waals surface area contributed by atoms with Crippen molar-refractivity contribution in [1.82, 2.24) is 4.98 Å². The fourth-order valence-electron chi connectivity index (χ4n) is 2.45. The molecule has 1 aromatic carbocycles. The van der Waals surface area contributed by atoms with Crippen molar-refractivity contribution >= 4 is 33.7 Å². The lowest BCUT2D eigenvalue weighted by Gasteiger charge is -2.13. The van der Waals surface area contributed by atoms with Crippen LogP contribution in [-0.4, -0.2) is 32.2 Å². The highest BCUT2D eigenvalue weighted by molar-refractivity contribution is 7.16. The van der Waals surface area contributed by atoms with Gasteiger partial charge in [-0.25, -0.2) is 4.98 Å². The topological polar surface area (TPSA) is 69.7 Å². The Kier molecular flexibility index (Phi) is 5.75. The molecule has 0 spiro atoms. The monoisotopic (exact) mass is 390 g/mol. The van der Waals surface area contributed by atoms with Gasteiger partial charge in [0.15, 0.2) is 16.6 Å². The van der Waals surface area contributed by atoms with Crippen LogP contribution in [0.5, 0.6) is 17.2 Å². The van der Waals surface area contributed by atoms with Crippen LogP contribution in [0.25, 0.3) is 10.6 Å². The van der Waals surface area contributed by atoms with Crippen LogP contribution in [0.4, 0.5) is 5.13 Å².